The van der Waals surface area contributed by atoms with Crippen LogP contribution in [0.1, 0.15) is 24.0 Å². The summed E-state index contributed by atoms with van der Waals surface area (Å²) < 4.78 is 26.1. The maximum absolute atomic E-state index is 14.5. The third-order valence-corrected chi connectivity index (χ3v) is 5.99. The number of rotatable bonds is 6. The van der Waals surface area contributed by atoms with Crippen molar-refractivity contribution in [3.8, 4) is 17.2 Å². The predicted octanol–water partition coefficient (Wildman–Crippen LogP) is 4.07. The molecule has 2 aliphatic heterocycles. The average Bonchev–Trinajstić information content (AvgIpc) is 3.08. The van der Waals surface area contributed by atoms with E-state index < -0.39 is 5.82 Å². The van der Waals surface area contributed by atoms with E-state index in [1.165, 1.54) is 11.6 Å². The van der Waals surface area contributed by atoms with Crippen molar-refractivity contribution in [1.29, 1.82) is 5.26 Å². The first-order valence-electron chi connectivity index (χ1n) is 11.3. The van der Waals surface area contributed by atoms with Gasteiger partial charge in [-0.05, 0) is 60.2 Å². The van der Waals surface area contributed by atoms with E-state index in [4.69, 9.17) is 14.7 Å². The number of hydrogen-bond acceptors (Lipinski definition) is 5. The number of halogens is 1. The zero-order valence-electron chi connectivity index (χ0n) is 18.6. The van der Waals surface area contributed by atoms with E-state index in [0.717, 1.165) is 74.5 Å². The van der Waals surface area contributed by atoms with E-state index in [1.807, 2.05) is 12.1 Å². The first kappa shape index (κ1) is 22.5. The minimum Gasteiger partial charge on any atom is -0.377 e. The van der Waals surface area contributed by atoms with E-state index in [9.17, 15) is 4.39 Å². The number of likely N-dealkylation sites (N-methyl/N-ethyl adjacent to an activating group) is 1. The molecule has 0 aromatic heterocycles. The van der Waals surface area contributed by atoms with Crippen LogP contribution in [0.25, 0.3) is 11.1 Å². The Morgan fingerprint density at radius 1 is 1.22 bits per heavy atom. The lowest BCUT2D eigenvalue weighted by Crippen LogP contribution is -2.39. The molecule has 2 aromatic carbocycles. The lowest BCUT2D eigenvalue weighted by molar-refractivity contribution is 0.0292. The molecule has 0 saturated carbocycles. The molecule has 2 heterocycles. The summed E-state index contributed by atoms with van der Waals surface area (Å²) >= 11 is 0. The number of allylic oxidation sites excluding steroid dienone is 1. The average molecular weight is 436 g/mol. The van der Waals surface area contributed by atoms with E-state index in [0.29, 0.717) is 6.61 Å². The molecule has 2 aliphatic rings. The molecule has 0 radical (unpaired) electrons. The van der Waals surface area contributed by atoms with Crippen LogP contribution in [0.5, 0.6) is 0 Å². The highest BCUT2D eigenvalue weighted by Crippen LogP contribution is 2.33. The fraction of sp³-hybridized carbons (Fsp3) is 0.423. The van der Waals surface area contributed by atoms with Crippen molar-refractivity contribution in [2.24, 2.45) is 0 Å². The van der Waals surface area contributed by atoms with Crippen molar-refractivity contribution in [2.75, 3.05) is 51.4 Å². The normalized spacial score (nSPS) is 19.0. The summed E-state index contributed by atoms with van der Waals surface area (Å²) in [7, 11) is 2.05. The van der Waals surface area contributed by atoms with Crippen molar-refractivity contribution in [2.45, 2.75) is 25.4 Å². The van der Waals surface area contributed by atoms with Gasteiger partial charge in [0, 0.05) is 44.5 Å². The number of nitriles is 1. The van der Waals surface area contributed by atoms with Crippen LogP contribution < -0.4 is 10.2 Å². The monoisotopic (exact) mass is 435 g/mol. The molecular weight excluding hydrogens is 405 g/mol. The number of ether oxygens (including phenoxy) is 2. The van der Waals surface area contributed by atoms with E-state index in [-0.39, 0.29) is 11.7 Å². The zero-order valence-corrected chi connectivity index (χ0v) is 18.6. The highest BCUT2D eigenvalue weighted by atomic mass is 19.1. The van der Waals surface area contributed by atoms with Gasteiger partial charge >= 0.3 is 0 Å². The Hall–Kier alpha value is -2.72. The topological polar surface area (TPSA) is 57.5 Å². The third kappa shape index (κ3) is 5.55. The Bertz CT molecular complexity index is 1010. The lowest BCUT2D eigenvalue weighted by atomic mass is 9.96. The highest BCUT2D eigenvalue weighted by molar-refractivity contribution is 5.79. The summed E-state index contributed by atoms with van der Waals surface area (Å²) in [6.45, 7) is 4.63. The molecule has 0 spiro atoms. The Labute approximate surface area is 189 Å². The van der Waals surface area contributed by atoms with Gasteiger partial charge < -0.3 is 19.7 Å². The second-order valence-corrected chi connectivity index (χ2v) is 8.47. The Kier molecular flexibility index (Phi) is 7.54. The standard InChI is InChI=1S/C26H30FN3O2/c1-30(17-20-4-2-3-10-31-18-20)26-8-5-19(12-23-16-29-9-11-32-23)13-24(26)21-6-7-22(15-28)25(27)14-21/h4-8,13-14,23,29H,2-3,9-12,16-18H2,1H3. The van der Waals surface area contributed by atoms with Crippen LogP contribution in [-0.4, -0.2) is 52.6 Å². The Balaban J connectivity index is 1.65. The van der Waals surface area contributed by atoms with Gasteiger partial charge in [-0.2, -0.15) is 5.26 Å². The molecule has 1 N–H and O–H groups in total. The molecule has 2 aromatic rings. The van der Waals surface area contributed by atoms with Gasteiger partial charge in [-0.15, -0.1) is 0 Å². The Morgan fingerprint density at radius 2 is 2.12 bits per heavy atom. The molecule has 1 saturated heterocycles. The van der Waals surface area contributed by atoms with Crippen LogP contribution in [0.3, 0.4) is 0 Å². The van der Waals surface area contributed by atoms with Crippen LogP contribution in [0.15, 0.2) is 48.0 Å². The molecule has 4 rings (SSSR count). The minimum absolute atomic E-state index is 0.0576. The molecule has 0 bridgehead atoms. The number of benzene rings is 2. The van der Waals surface area contributed by atoms with Gasteiger partial charge in [0.1, 0.15) is 11.9 Å². The van der Waals surface area contributed by atoms with Gasteiger partial charge in [-0.25, -0.2) is 4.39 Å². The minimum atomic E-state index is -0.497. The van der Waals surface area contributed by atoms with Gasteiger partial charge in [0.25, 0.3) is 0 Å². The van der Waals surface area contributed by atoms with Crippen molar-refractivity contribution in [1.82, 2.24) is 5.32 Å². The van der Waals surface area contributed by atoms with E-state index in [2.05, 4.69) is 41.5 Å². The summed E-state index contributed by atoms with van der Waals surface area (Å²) in [5, 5.41) is 12.5. The first-order chi connectivity index (χ1) is 15.6. The number of anilines is 1. The van der Waals surface area contributed by atoms with Gasteiger partial charge in [-0.1, -0.05) is 18.2 Å². The largest absolute Gasteiger partial charge is 0.377 e. The molecule has 1 fully saturated rings. The molecule has 6 heteroatoms. The molecule has 1 unspecified atom stereocenters. The quantitative estimate of drug-likeness (QED) is 0.694. The van der Waals surface area contributed by atoms with Gasteiger partial charge in [0.05, 0.1) is 24.9 Å². The van der Waals surface area contributed by atoms with Crippen LogP contribution in [0.2, 0.25) is 0 Å². The second-order valence-electron chi connectivity index (χ2n) is 8.47. The van der Waals surface area contributed by atoms with E-state index >= 15 is 0 Å². The van der Waals surface area contributed by atoms with Crippen LogP contribution in [0.4, 0.5) is 10.1 Å². The number of nitrogens with one attached hydrogen (secondary N) is 1. The zero-order chi connectivity index (χ0) is 22.3. The van der Waals surface area contributed by atoms with Crippen molar-refractivity contribution >= 4 is 5.69 Å². The SMILES string of the molecule is CN(CC1=CCCCOC1)c1ccc(CC2CNCCO2)cc1-c1ccc(C#N)c(F)c1. The summed E-state index contributed by atoms with van der Waals surface area (Å²) in [6.07, 6.45) is 5.28. The maximum Gasteiger partial charge on any atom is 0.141 e. The maximum atomic E-state index is 14.5. The summed E-state index contributed by atoms with van der Waals surface area (Å²) in [5.74, 6) is -0.497. The fourth-order valence-electron chi connectivity index (χ4n) is 4.32. The van der Waals surface area contributed by atoms with Crippen LogP contribution >= 0.6 is 0 Å². The smallest absolute Gasteiger partial charge is 0.141 e. The van der Waals surface area contributed by atoms with Crippen LogP contribution in [0, 0.1) is 17.1 Å². The molecular formula is C26H30FN3O2. The molecule has 32 heavy (non-hydrogen) atoms. The second kappa shape index (κ2) is 10.7. The van der Waals surface area contributed by atoms with Gasteiger partial charge in [-0.3, -0.25) is 0 Å². The molecule has 1 atom stereocenters. The first-order valence-corrected chi connectivity index (χ1v) is 11.3. The van der Waals surface area contributed by atoms with Gasteiger partial charge in [0.15, 0.2) is 0 Å². The third-order valence-electron chi connectivity index (χ3n) is 5.99. The fourth-order valence-corrected chi connectivity index (χ4v) is 4.32. The van der Waals surface area contributed by atoms with Crippen molar-refractivity contribution in [3.05, 3.63) is 65.0 Å². The summed E-state index contributed by atoms with van der Waals surface area (Å²) in [6, 6.07) is 13.1. The number of hydrogen-bond donors (Lipinski definition) is 1. The summed E-state index contributed by atoms with van der Waals surface area (Å²) in [4.78, 5) is 2.19. The lowest BCUT2D eigenvalue weighted by Gasteiger charge is -2.26. The molecule has 0 amide bonds. The number of nitrogens with zero attached hydrogens (tertiary/aromatic N) is 2. The predicted molar refractivity (Wildman–Crippen MR) is 124 cm³/mol. The van der Waals surface area contributed by atoms with Crippen molar-refractivity contribution < 1.29 is 13.9 Å². The Morgan fingerprint density at radius 3 is 2.91 bits per heavy atom. The summed E-state index contributed by atoms with van der Waals surface area (Å²) in [5.41, 5.74) is 5.19. The molecule has 0 aliphatic carbocycles. The van der Waals surface area contributed by atoms with Crippen molar-refractivity contribution in [3.63, 3.8) is 0 Å². The molecule has 5 nitrogen and oxygen atoms in total. The van der Waals surface area contributed by atoms with Crippen LogP contribution in [-0.2, 0) is 15.9 Å². The number of morpholine rings is 1. The molecule has 168 valence electrons. The highest BCUT2D eigenvalue weighted by Gasteiger charge is 2.18. The van der Waals surface area contributed by atoms with E-state index in [1.54, 1.807) is 6.07 Å². The van der Waals surface area contributed by atoms with Gasteiger partial charge in [0.2, 0.25) is 0 Å².